The highest BCUT2D eigenvalue weighted by molar-refractivity contribution is 5.94. The van der Waals surface area contributed by atoms with Crippen LogP contribution in [0.3, 0.4) is 0 Å². The van der Waals surface area contributed by atoms with E-state index in [0.717, 1.165) is 17.2 Å². The van der Waals surface area contributed by atoms with Gasteiger partial charge in [-0.1, -0.05) is 13.8 Å². The average molecular weight is 234 g/mol. The normalized spacial score (nSPS) is 15.2. The van der Waals surface area contributed by atoms with Crippen LogP contribution in [0.4, 0.5) is 10.5 Å². The number of carbonyl (C=O) groups is 1. The summed E-state index contributed by atoms with van der Waals surface area (Å²) in [5.41, 5.74) is 1.73. The Labute approximate surface area is 101 Å². The zero-order valence-corrected chi connectivity index (χ0v) is 10.7. The van der Waals surface area contributed by atoms with Crippen molar-refractivity contribution in [3.8, 4) is 0 Å². The summed E-state index contributed by atoms with van der Waals surface area (Å²) in [6.07, 6.45) is 1.76. The molecule has 2 rings (SSSR count). The first kappa shape index (κ1) is 11.8. The first-order valence-corrected chi connectivity index (χ1v) is 5.93. The van der Waals surface area contributed by atoms with E-state index >= 15 is 0 Å². The Bertz CT molecular complexity index is 442. The van der Waals surface area contributed by atoms with Crippen molar-refractivity contribution in [1.82, 2.24) is 15.3 Å². The van der Waals surface area contributed by atoms with Gasteiger partial charge in [0.2, 0.25) is 0 Å². The lowest BCUT2D eigenvalue weighted by Crippen LogP contribution is -2.48. The number of hydrogen-bond acceptors (Lipinski definition) is 3. The van der Waals surface area contributed by atoms with Crippen molar-refractivity contribution in [2.75, 3.05) is 4.90 Å². The van der Waals surface area contributed by atoms with Gasteiger partial charge in [-0.05, 0) is 13.8 Å². The third kappa shape index (κ3) is 2.09. The molecular weight excluding hydrogens is 216 g/mol. The predicted molar refractivity (Wildman–Crippen MR) is 66.0 cm³/mol. The molecule has 0 aliphatic carbocycles. The van der Waals surface area contributed by atoms with E-state index in [4.69, 9.17) is 0 Å². The van der Waals surface area contributed by atoms with Gasteiger partial charge in [-0.2, -0.15) is 0 Å². The molecule has 0 unspecified atom stereocenters. The van der Waals surface area contributed by atoms with Crippen molar-refractivity contribution in [2.24, 2.45) is 0 Å². The quantitative estimate of drug-likeness (QED) is 0.851. The van der Waals surface area contributed by atoms with Gasteiger partial charge in [0.25, 0.3) is 0 Å². The molecule has 1 aromatic rings. The molecule has 17 heavy (non-hydrogen) atoms. The Morgan fingerprint density at radius 3 is 2.65 bits per heavy atom. The van der Waals surface area contributed by atoms with Gasteiger partial charge >= 0.3 is 6.03 Å². The lowest BCUT2D eigenvalue weighted by molar-refractivity contribution is 0.242. The van der Waals surface area contributed by atoms with E-state index in [1.54, 1.807) is 11.1 Å². The SMILES string of the molecule is CC(C)c1ncc2c(n1)CNC(=O)N2C(C)C. The summed E-state index contributed by atoms with van der Waals surface area (Å²) in [6.45, 7) is 8.56. The number of hydrogen-bond donors (Lipinski definition) is 1. The molecule has 5 nitrogen and oxygen atoms in total. The first-order chi connectivity index (χ1) is 8.00. The second kappa shape index (κ2) is 4.31. The maximum atomic E-state index is 11.8. The number of fused-ring (bicyclic) bond motifs is 1. The molecule has 2 amide bonds. The van der Waals surface area contributed by atoms with Crippen LogP contribution in [0, 0.1) is 0 Å². The number of urea groups is 1. The van der Waals surface area contributed by atoms with Crippen molar-refractivity contribution in [1.29, 1.82) is 0 Å². The molecule has 0 bridgehead atoms. The molecule has 1 aliphatic heterocycles. The summed E-state index contributed by atoms with van der Waals surface area (Å²) in [5, 5.41) is 2.83. The van der Waals surface area contributed by atoms with Gasteiger partial charge in [0, 0.05) is 12.0 Å². The zero-order chi connectivity index (χ0) is 12.6. The molecule has 1 aliphatic rings. The van der Waals surface area contributed by atoms with Gasteiger partial charge in [0.1, 0.15) is 5.82 Å². The summed E-state index contributed by atoms with van der Waals surface area (Å²) in [7, 11) is 0. The van der Waals surface area contributed by atoms with E-state index in [-0.39, 0.29) is 12.1 Å². The van der Waals surface area contributed by atoms with E-state index in [9.17, 15) is 4.79 Å². The van der Waals surface area contributed by atoms with E-state index in [1.165, 1.54) is 0 Å². The molecule has 1 aromatic heterocycles. The van der Waals surface area contributed by atoms with Gasteiger partial charge in [-0.3, -0.25) is 4.90 Å². The average Bonchev–Trinajstić information content (AvgIpc) is 2.27. The number of nitrogens with zero attached hydrogens (tertiary/aromatic N) is 3. The van der Waals surface area contributed by atoms with Crippen LogP contribution in [-0.2, 0) is 6.54 Å². The second-order valence-corrected chi connectivity index (χ2v) is 4.84. The Morgan fingerprint density at radius 1 is 1.35 bits per heavy atom. The minimum absolute atomic E-state index is 0.0756. The molecule has 1 N–H and O–H groups in total. The van der Waals surface area contributed by atoms with Crippen LogP contribution < -0.4 is 10.2 Å². The number of rotatable bonds is 2. The fourth-order valence-corrected chi connectivity index (χ4v) is 1.90. The van der Waals surface area contributed by atoms with Crippen molar-refractivity contribution in [3.63, 3.8) is 0 Å². The van der Waals surface area contributed by atoms with Gasteiger partial charge in [-0.15, -0.1) is 0 Å². The highest BCUT2D eigenvalue weighted by Gasteiger charge is 2.27. The number of aromatic nitrogens is 2. The predicted octanol–water partition coefficient (Wildman–Crippen LogP) is 2.04. The topological polar surface area (TPSA) is 58.1 Å². The van der Waals surface area contributed by atoms with Crippen molar-refractivity contribution >= 4 is 11.7 Å². The molecule has 0 atom stereocenters. The maximum absolute atomic E-state index is 11.8. The summed E-state index contributed by atoms with van der Waals surface area (Å²) in [6, 6.07) is 0.0240. The van der Waals surface area contributed by atoms with Gasteiger partial charge in [0.05, 0.1) is 24.1 Å². The Morgan fingerprint density at radius 2 is 2.06 bits per heavy atom. The third-order valence-corrected chi connectivity index (χ3v) is 2.78. The van der Waals surface area contributed by atoms with Crippen LogP contribution in [0.15, 0.2) is 6.20 Å². The molecule has 0 saturated carbocycles. The van der Waals surface area contributed by atoms with Crippen LogP contribution in [0.2, 0.25) is 0 Å². The standard InChI is InChI=1S/C12H18N4O/c1-7(2)11-13-6-10-9(15-11)5-14-12(17)16(10)8(3)4/h6-8H,5H2,1-4H3,(H,14,17). The van der Waals surface area contributed by atoms with Gasteiger partial charge in [0.15, 0.2) is 0 Å². The Balaban J connectivity index is 2.44. The summed E-state index contributed by atoms with van der Waals surface area (Å²) >= 11 is 0. The smallest absolute Gasteiger partial charge is 0.322 e. The molecule has 92 valence electrons. The van der Waals surface area contributed by atoms with Crippen LogP contribution >= 0.6 is 0 Å². The van der Waals surface area contributed by atoms with E-state index in [2.05, 4.69) is 29.1 Å². The maximum Gasteiger partial charge on any atom is 0.322 e. The molecule has 0 saturated heterocycles. The van der Waals surface area contributed by atoms with Crippen molar-refractivity contribution in [2.45, 2.75) is 46.2 Å². The molecule has 5 heteroatoms. The number of carbonyl (C=O) groups excluding carboxylic acids is 1. The van der Waals surface area contributed by atoms with Crippen LogP contribution in [0.1, 0.15) is 45.1 Å². The monoisotopic (exact) mass is 234 g/mol. The highest BCUT2D eigenvalue weighted by atomic mass is 16.2. The fourth-order valence-electron chi connectivity index (χ4n) is 1.90. The third-order valence-electron chi connectivity index (χ3n) is 2.78. The highest BCUT2D eigenvalue weighted by Crippen LogP contribution is 2.25. The minimum Gasteiger partial charge on any atom is -0.332 e. The lowest BCUT2D eigenvalue weighted by atomic mass is 10.1. The molecular formula is C12H18N4O. The van der Waals surface area contributed by atoms with Crippen LogP contribution in [-0.4, -0.2) is 22.0 Å². The Kier molecular flexibility index (Phi) is 3.00. The van der Waals surface area contributed by atoms with Crippen LogP contribution in [0.25, 0.3) is 0 Å². The summed E-state index contributed by atoms with van der Waals surface area (Å²) in [5.74, 6) is 1.12. The van der Waals surface area contributed by atoms with Crippen LogP contribution in [0.5, 0.6) is 0 Å². The molecule has 0 spiro atoms. The van der Waals surface area contributed by atoms with Gasteiger partial charge in [-0.25, -0.2) is 14.8 Å². The number of nitrogens with one attached hydrogen (secondary N) is 1. The number of amides is 2. The zero-order valence-electron chi connectivity index (χ0n) is 10.7. The minimum atomic E-state index is -0.0756. The molecule has 0 fully saturated rings. The molecule has 0 radical (unpaired) electrons. The van der Waals surface area contributed by atoms with E-state index in [0.29, 0.717) is 12.5 Å². The summed E-state index contributed by atoms with van der Waals surface area (Å²) < 4.78 is 0. The van der Waals surface area contributed by atoms with Gasteiger partial charge < -0.3 is 5.32 Å². The number of anilines is 1. The van der Waals surface area contributed by atoms with Crippen molar-refractivity contribution in [3.05, 3.63) is 17.7 Å². The van der Waals surface area contributed by atoms with E-state index < -0.39 is 0 Å². The fraction of sp³-hybridized carbons (Fsp3) is 0.583. The van der Waals surface area contributed by atoms with E-state index in [1.807, 2.05) is 13.8 Å². The second-order valence-electron chi connectivity index (χ2n) is 4.84. The summed E-state index contributed by atoms with van der Waals surface area (Å²) in [4.78, 5) is 22.3. The molecule has 0 aromatic carbocycles. The van der Waals surface area contributed by atoms with Crippen molar-refractivity contribution < 1.29 is 4.79 Å². The Hall–Kier alpha value is -1.65. The first-order valence-electron chi connectivity index (χ1n) is 5.93. The molecule has 2 heterocycles. The lowest BCUT2D eigenvalue weighted by Gasteiger charge is -2.32. The largest absolute Gasteiger partial charge is 0.332 e.